The SMILES string of the molecule is CCCNC(=O)NCC1CCC(CNC(=O)C=C(C)C)CC1. The first-order chi connectivity index (χ1) is 10.5. The van der Waals surface area contributed by atoms with Crippen LogP contribution in [-0.4, -0.2) is 31.6 Å². The van der Waals surface area contributed by atoms with Gasteiger partial charge in [-0.3, -0.25) is 4.79 Å². The lowest BCUT2D eigenvalue weighted by Gasteiger charge is -2.28. The Labute approximate surface area is 134 Å². The van der Waals surface area contributed by atoms with Gasteiger partial charge in [0, 0.05) is 25.7 Å². The molecule has 0 saturated heterocycles. The molecule has 0 aromatic carbocycles. The zero-order chi connectivity index (χ0) is 16.4. The highest BCUT2D eigenvalue weighted by molar-refractivity contribution is 5.87. The number of carbonyl (C=O) groups excluding carboxylic acids is 2. The minimum Gasteiger partial charge on any atom is -0.352 e. The summed E-state index contributed by atoms with van der Waals surface area (Å²) in [6.45, 7) is 8.14. The first-order valence-corrected chi connectivity index (χ1v) is 8.45. The molecule has 1 saturated carbocycles. The third kappa shape index (κ3) is 8.05. The van der Waals surface area contributed by atoms with Crippen molar-refractivity contribution >= 4 is 11.9 Å². The molecule has 1 aliphatic carbocycles. The van der Waals surface area contributed by atoms with Crippen molar-refractivity contribution < 1.29 is 9.59 Å². The van der Waals surface area contributed by atoms with Gasteiger partial charge in [-0.15, -0.1) is 0 Å². The summed E-state index contributed by atoms with van der Waals surface area (Å²) < 4.78 is 0. The van der Waals surface area contributed by atoms with E-state index in [1.807, 2.05) is 20.8 Å². The van der Waals surface area contributed by atoms with E-state index in [1.165, 1.54) is 0 Å². The summed E-state index contributed by atoms with van der Waals surface area (Å²) in [5.41, 5.74) is 1.02. The summed E-state index contributed by atoms with van der Waals surface area (Å²) in [6, 6.07) is -0.0574. The van der Waals surface area contributed by atoms with Crippen molar-refractivity contribution in [3.8, 4) is 0 Å². The molecule has 0 atom stereocenters. The molecule has 0 aromatic heterocycles. The van der Waals surface area contributed by atoms with Gasteiger partial charge in [-0.1, -0.05) is 12.5 Å². The zero-order valence-electron chi connectivity index (χ0n) is 14.2. The van der Waals surface area contributed by atoms with E-state index in [2.05, 4.69) is 16.0 Å². The van der Waals surface area contributed by atoms with Gasteiger partial charge in [0.25, 0.3) is 0 Å². The number of amides is 3. The molecule has 0 heterocycles. The molecule has 5 nitrogen and oxygen atoms in total. The summed E-state index contributed by atoms with van der Waals surface area (Å²) in [5.74, 6) is 1.15. The Morgan fingerprint density at radius 3 is 2.00 bits per heavy atom. The van der Waals surface area contributed by atoms with E-state index < -0.39 is 0 Å². The maximum absolute atomic E-state index is 11.6. The van der Waals surface area contributed by atoms with Crippen molar-refractivity contribution in [2.45, 2.75) is 52.9 Å². The largest absolute Gasteiger partial charge is 0.352 e. The second-order valence-electron chi connectivity index (χ2n) is 6.49. The Balaban J connectivity index is 2.14. The fourth-order valence-electron chi connectivity index (χ4n) is 2.74. The van der Waals surface area contributed by atoms with Crippen LogP contribution in [0.15, 0.2) is 11.6 Å². The van der Waals surface area contributed by atoms with Crippen LogP contribution in [-0.2, 0) is 4.79 Å². The quantitative estimate of drug-likeness (QED) is 0.633. The lowest BCUT2D eigenvalue weighted by molar-refractivity contribution is -0.116. The standard InChI is InChI=1S/C17H31N3O2/c1-4-9-18-17(22)20-12-15-7-5-14(6-8-15)11-19-16(21)10-13(2)3/h10,14-15H,4-9,11-12H2,1-3H3,(H,19,21)(H2,18,20,22). The molecule has 0 aliphatic heterocycles. The van der Waals surface area contributed by atoms with E-state index in [0.29, 0.717) is 11.8 Å². The van der Waals surface area contributed by atoms with Crippen LogP contribution in [0.1, 0.15) is 52.9 Å². The number of urea groups is 1. The van der Waals surface area contributed by atoms with Gasteiger partial charge in [-0.05, 0) is 57.8 Å². The van der Waals surface area contributed by atoms with E-state index in [-0.39, 0.29) is 11.9 Å². The van der Waals surface area contributed by atoms with Crippen molar-refractivity contribution in [1.29, 1.82) is 0 Å². The Morgan fingerprint density at radius 2 is 1.50 bits per heavy atom. The highest BCUT2D eigenvalue weighted by Gasteiger charge is 2.21. The third-order valence-corrected chi connectivity index (χ3v) is 4.04. The van der Waals surface area contributed by atoms with Crippen molar-refractivity contribution in [2.75, 3.05) is 19.6 Å². The van der Waals surface area contributed by atoms with Gasteiger partial charge in [0.2, 0.25) is 5.91 Å². The molecule has 0 aromatic rings. The summed E-state index contributed by atoms with van der Waals surface area (Å²) >= 11 is 0. The summed E-state index contributed by atoms with van der Waals surface area (Å²) in [6.07, 6.45) is 7.09. The smallest absolute Gasteiger partial charge is 0.314 e. The number of rotatable bonds is 7. The molecule has 1 fully saturated rings. The fraction of sp³-hybridized carbons (Fsp3) is 0.765. The second kappa shape index (κ2) is 10.2. The Kier molecular flexibility index (Phi) is 8.63. The van der Waals surface area contributed by atoms with Gasteiger partial charge in [0.1, 0.15) is 0 Å². The number of hydrogen-bond donors (Lipinski definition) is 3. The van der Waals surface area contributed by atoms with Crippen LogP contribution >= 0.6 is 0 Å². The van der Waals surface area contributed by atoms with E-state index in [1.54, 1.807) is 6.08 Å². The molecular weight excluding hydrogens is 278 g/mol. The highest BCUT2D eigenvalue weighted by Crippen LogP contribution is 2.27. The van der Waals surface area contributed by atoms with Gasteiger partial charge in [0.05, 0.1) is 0 Å². The van der Waals surface area contributed by atoms with E-state index in [4.69, 9.17) is 0 Å². The fourth-order valence-corrected chi connectivity index (χ4v) is 2.74. The molecule has 0 bridgehead atoms. The van der Waals surface area contributed by atoms with Crippen LogP contribution in [0.4, 0.5) is 4.79 Å². The van der Waals surface area contributed by atoms with Gasteiger partial charge < -0.3 is 16.0 Å². The van der Waals surface area contributed by atoms with Crippen molar-refractivity contribution in [2.24, 2.45) is 11.8 Å². The second-order valence-corrected chi connectivity index (χ2v) is 6.49. The number of carbonyl (C=O) groups is 2. The predicted molar refractivity (Wildman–Crippen MR) is 89.6 cm³/mol. The summed E-state index contributed by atoms with van der Waals surface area (Å²) in [4.78, 5) is 23.1. The van der Waals surface area contributed by atoms with Crippen LogP contribution in [0, 0.1) is 11.8 Å². The Morgan fingerprint density at radius 1 is 0.955 bits per heavy atom. The van der Waals surface area contributed by atoms with E-state index in [9.17, 15) is 9.59 Å². The van der Waals surface area contributed by atoms with E-state index in [0.717, 1.165) is 57.3 Å². The lowest BCUT2D eigenvalue weighted by atomic mass is 9.82. The third-order valence-electron chi connectivity index (χ3n) is 4.04. The molecule has 0 radical (unpaired) electrons. The highest BCUT2D eigenvalue weighted by atomic mass is 16.2. The maximum atomic E-state index is 11.6. The zero-order valence-corrected chi connectivity index (χ0v) is 14.2. The van der Waals surface area contributed by atoms with Crippen LogP contribution in [0.25, 0.3) is 0 Å². The van der Waals surface area contributed by atoms with Gasteiger partial charge in [-0.25, -0.2) is 4.79 Å². The lowest BCUT2D eigenvalue weighted by Crippen LogP contribution is -2.39. The predicted octanol–water partition coefficient (Wildman–Crippen LogP) is 2.58. The summed E-state index contributed by atoms with van der Waals surface area (Å²) in [5, 5.41) is 8.75. The Bertz CT molecular complexity index is 381. The van der Waals surface area contributed by atoms with Crippen LogP contribution in [0.2, 0.25) is 0 Å². The molecule has 0 spiro atoms. The topological polar surface area (TPSA) is 70.2 Å². The molecule has 126 valence electrons. The van der Waals surface area contributed by atoms with Crippen molar-refractivity contribution in [3.05, 3.63) is 11.6 Å². The number of hydrogen-bond acceptors (Lipinski definition) is 2. The van der Waals surface area contributed by atoms with E-state index >= 15 is 0 Å². The molecule has 0 unspecified atom stereocenters. The minimum atomic E-state index is -0.0574. The molecule has 1 rings (SSSR count). The van der Waals surface area contributed by atoms with Crippen LogP contribution in [0.5, 0.6) is 0 Å². The van der Waals surface area contributed by atoms with Gasteiger partial charge >= 0.3 is 6.03 Å². The molecular formula is C17H31N3O2. The van der Waals surface area contributed by atoms with Crippen LogP contribution in [0.3, 0.4) is 0 Å². The maximum Gasteiger partial charge on any atom is 0.314 e. The first kappa shape index (κ1) is 18.5. The van der Waals surface area contributed by atoms with Crippen molar-refractivity contribution in [3.63, 3.8) is 0 Å². The first-order valence-electron chi connectivity index (χ1n) is 8.45. The molecule has 5 heteroatoms. The average molecular weight is 309 g/mol. The molecule has 22 heavy (non-hydrogen) atoms. The van der Waals surface area contributed by atoms with Crippen molar-refractivity contribution in [1.82, 2.24) is 16.0 Å². The number of nitrogens with one attached hydrogen (secondary N) is 3. The minimum absolute atomic E-state index is 0.0105. The Hall–Kier alpha value is -1.52. The molecule has 1 aliphatic rings. The normalized spacial score (nSPS) is 20.9. The summed E-state index contributed by atoms with van der Waals surface area (Å²) in [7, 11) is 0. The number of allylic oxidation sites excluding steroid dienone is 1. The van der Waals surface area contributed by atoms with Gasteiger partial charge in [0.15, 0.2) is 0 Å². The molecule has 3 amide bonds. The monoisotopic (exact) mass is 309 g/mol. The molecule has 3 N–H and O–H groups in total. The average Bonchev–Trinajstić information content (AvgIpc) is 2.49. The van der Waals surface area contributed by atoms with Crippen LogP contribution < -0.4 is 16.0 Å². The van der Waals surface area contributed by atoms with Gasteiger partial charge in [-0.2, -0.15) is 0 Å².